The lowest BCUT2D eigenvalue weighted by Gasteiger charge is -2.45. The maximum atomic E-state index is 13.2. The molecule has 5 heteroatoms. The van der Waals surface area contributed by atoms with Crippen LogP contribution >= 0.6 is 0 Å². The number of piperidine rings is 1. The Kier molecular flexibility index (Phi) is 8.72. The van der Waals surface area contributed by atoms with Gasteiger partial charge < -0.3 is 14.4 Å². The van der Waals surface area contributed by atoms with E-state index in [2.05, 4.69) is 47.9 Å². The monoisotopic (exact) mass is 478 g/mol. The van der Waals surface area contributed by atoms with Gasteiger partial charge >= 0.3 is 0 Å². The molecule has 0 bridgehead atoms. The molecule has 0 saturated carbocycles. The summed E-state index contributed by atoms with van der Waals surface area (Å²) in [5, 5.41) is 0. The van der Waals surface area contributed by atoms with E-state index in [-0.39, 0.29) is 11.3 Å². The van der Waals surface area contributed by atoms with E-state index < -0.39 is 0 Å². The molecule has 2 aromatic carbocycles. The molecule has 0 unspecified atom stereocenters. The number of para-hydroxylation sites is 1. The number of carbonyl (C=O) groups is 1. The molecule has 5 nitrogen and oxygen atoms in total. The van der Waals surface area contributed by atoms with Crippen molar-refractivity contribution in [3.05, 3.63) is 59.7 Å². The maximum Gasteiger partial charge on any atom is 0.253 e. The Morgan fingerprint density at radius 3 is 2.46 bits per heavy atom. The van der Waals surface area contributed by atoms with E-state index in [1.54, 1.807) is 7.11 Å². The van der Waals surface area contributed by atoms with E-state index in [1.807, 2.05) is 24.3 Å². The maximum absolute atomic E-state index is 13.2. The highest BCUT2D eigenvalue weighted by Gasteiger charge is 2.37. The largest absolute Gasteiger partial charge is 0.497 e. The fourth-order valence-corrected chi connectivity index (χ4v) is 5.76. The van der Waals surface area contributed by atoms with Crippen LogP contribution in [-0.4, -0.2) is 62.1 Å². The number of likely N-dealkylation sites (tertiary alicyclic amines) is 1. The van der Waals surface area contributed by atoms with Crippen LogP contribution in [-0.2, 0) is 6.42 Å². The standard InChI is InChI=1S/C30H42N2O3/c1-24(2)22-31-20-21-35-28-10-5-4-8-25(28)9-6-7-15-30(23-31)16-18-32(19-17-30)29(33)26-11-13-27(34-3)14-12-26/h4-5,8,10-14,24H,6-7,9,15-23H2,1-3H3. The predicted molar refractivity (Wildman–Crippen MR) is 141 cm³/mol. The Morgan fingerprint density at radius 1 is 1.00 bits per heavy atom. The number of benzene rings is 2. The summed E-state index contributed by atoms with van der Waals surface area (Å²) in [6.07, 6.45) is 6.85. The van der Waals surface area contributed by atoms with Gasteiger partial charge in [0.1, 0.15) is 18.1 Å². The Balaban J connectivity index is 1.45. The highest BCUT2D eigenvalue weighted by Crippen LogP contribution is 2.39. The van der Waals surface area contributed by atoms with E-state index in [1.165, 1.54) is 24.8 Å². The highest BCUT2D eigenvalue weighted by molar-refractivity contribution is 5.94. The second-order valence-electron chi connectivity index (χ2n) is 10.8. The third-order valence-electron chi connectivity index (χ3n) is 7.67. The van der Waals surface area contributed by atoms with E-state index in [0.29, 0.717) is 5.92 Å². The van der Waals surface area contributed by atoms with Crippen LogP contribution in [0.2, 0.25) is 0 Å². The predicted octanol–water partition coefficient (Wildman–Crippen LogP) is 5.68. The Hall–Kier alpha value is -2.53. The lowest BCUT2D eigenvalue weighted by molar-refractivity contribution is 0.0355. The van der Waals surface area contributed by atoms with Gasteiger partial charge in [-0.1, -0.05) is 38.5 Å². The average Bonchev–Trinajstić information content (AvgIpc) is 2.86. The Labute approximate surface area is 211 Å². The number of carbonyl (C=O) groups excluding carboxylic acids is 1. The molecule has 1 fully saturated rings. The minimum absolute atomic E-state index is 0.139. The van der Waals surface area contributed by atoms with Gasteiger partial charge in [0.05, 0.1) is 7.11 Å². The average molecular weight is 479 g/mol. The van der Waals surface area contributed by atoms with Gasteiger partial charge in [-0.3, -0.25) is 9.69 Å². The van der Waals surface area contributed by atoms with Gasteiger partial charge in [0.25, 0.3) is 5.91 Å². The zero-order chi connectivity index (χ0) is 24.7. The summed E-state index contributed by atoms with van der Waals surface area (Å²) in [6, 6.07) is 16.0. The van der Waals surface area contributed by atoms with Gasteiger partial charge in [-0.15, -0.1) is 0 Å². The van der Waals surface area contributed by atoms with E-state index in [9.17, 15) is 4.79 Å². The van der Waals surface area contributed by atoms with Crippen molar-refractivity contribution >= 4 is 5.91 Å². The molecule has 4 rings (SSSR count). The molecule has 1 amide bonds. The molecule has 2 heterocycles. The summed E-state index contributed by atoms with van der Waals surface area (Å²) in [5.74, 6) is 2.59. The zero-order valence-electron chi connectivity index (χ0n) is 21.8. The Bertz CT molecular complexity index is 948. The second-order valence-corrected chi connectivity index (χ2v) is 10.8. The van der Waals surface area contributed by atoms with Crippen LogP contribution in [0.1, 0.15) is 61.9 Å². The van der Waals surface area contributed by atoms with Crippen LogP contribution in [0.15, 0.2) is 48.5 Å². The van der Waals surface area contributed by atoms with E-state index in [4.69, 9.17) is 9.47 Å². The fourth-order valence-electron chi connectivity index (χ4n) is 5.76. The lowest BCUT2D eigenvalue weighted by atomic mass is 9.73. The van der Waals surface area contributed by atoms with Crippen LogP contribution in [0.25, 0.3) is 0 Å². The van der Waals surface area contributed by atoms with Crippen LogP contribution in [0, 0.1) is 11.3 Å². The van der Waals surface area contributed by atoms with Crippen molar-refractivity contribution in [2.24, 2.45) is 11.3 Å². The number of hydrogen-bond donors (Lipinski definition) is 0. The number of rotatable bonds is 4. The van der Waals surface area contributed by atoms with Gasteiger partial charge in [-0.25, -0.2) is 0 Å². The van der Waals surface area contributed by atoms with Gasteiger partial charge in [0, 0.05) is 38.3 Å². The molecule has 0 atom stereocenters. The van der Waals surface area contributed by atoms with Crippen molar-refractivity contribution in [1.82, 2.24) is 9.80 Å². The van der Waals surface area contributed by atoms with Gasteiger partial charge in [0.15, 0.2) is 0 Å². The molecule has 0 N–H and O–H groups in total. The number of hydrogen-bond acceptors (Lipinski definition) is 4. The van der Waals surface area contributed by atoms with Crippen molar-refractivity contribution in [1.29, 1.82) is 0 Å². The SMILES string of the molecule is COc1ccc(C(=O)N2CCC3(CCCCc4ccccc4OCCN(CC(C)C)C3)CC2)cc1. The molecule has 1 spiro atoms. The topological polar surface area (TPSA) is 42.0 Å². The summed E-state index contributed by atoms with van der Waals surface area (Å²) in [7, 11) is 1.65. The minimum Gasteiger partial charge on any atom is -0.497 e. The zero-order valence-corrected chi connectivity index (χ0v) is 21.8. The molecule has 1 saturated heterocycles. The first kappa shape index (κ1) is 25.6. The van der Waals surface area contributed by atoms with Crippen LogP contribution in [0.5, 0.6) is 11.5 Å². The normalized spacial score (nSPS) is 19.4. The smallest absolute Gasteiger partial charge is 0.253 e. The van der Waals surface area contributed by atoms with Gasteiger partial charge in [0.2, 0.25) is 0 Å². The molecule has 0 radical (unpaired) electrons. The number of ether oxygens (including phenoxy) is 2. The highest BCUT2D eigenvalue weighted by atomic mass is 16.5. The van der Waals surface area contributed by atoms with Crippen molar-refractivity contribution < 1.29 is 14.3 Å². The molecular weight excluding hydrogens is 436 g/mol. The molecule has 35 heavy (non-hydrogen) atoms. The first-order chi connectivity index (χ1) is 17.0. The van der Waals surface area contributed by atoms with Crippen LogP contribution < -0.4 is 9.47 Å². The van der Waals surface area contributed by atoms with E-state index >= 15 is 0 Å². The fraction of sp³-hybridized carbons (Fsp3) is 0.567. The third kappa shape index (κ3) is 6.78. The number of methoxy groups -OCH3 is 1. The summed E-state index contributed by atoms with van der Waals surface area (Å²) in [5.41, 5.74) is 2.35. The van der Waals surface area contributed by atoms with Crippen LogP contribution in [0.4, 0.5) is 0 Å². The molecule has 0 aliphatic carbocycles. The summed E-state index contributed by atoms with van der Waals surface area (Å²) in [4.78, 5) is 17.8. The number of aryl methyl sites for hydroxylation is 1. The van der Waals surface area contributed by atoms with Crippen LogP contribution in [0.3, 0.4) is 0 Å². The van der Waals surface area contributed by atoms with Gasteiger partial charge in [-0.05, 0) is 79.3 Å². The molecule has 0 aromatic heterocycles. The molecule has 2 aliphatic heterocycles. The number of amides is 1. The van der Waals surface area contributed by atoms with Crippen molar-refractivity contribution in [2.45, 2.75) is 52.4 Å². The number of fused-ring (bicyclic) bond motifs is 1. The number of nitrogens with zero attached hydrogens (tertiary/aromatic N) is 2. The third-order valence-corrected chi connectivity index (χ3v) is 7.67. The second kappa shape index (κ2) is 11.9. The lowest BCUT2D eigenvalue weighted by Crippen LogP contribution is -2.49. The summed E-state index contributed by atoms with van der Waals surface area (Å²) >= 11 is 0. The quantitative estimate of drug-likeness (QED) is 0.567. The minimum atomic E-state index is 0.139. The van der Waals surface area contributed by atoms with Gasteiger partial charge in [-0.2, -0.15) is 0 Å². The summed E-state index contributed by atoms with van der Waals surface area (Å²) < 4.78 is 11.5. The molecule has 2 aromatic rings. The first-order valence-electron chi connectivity index (χ1n) is 13.3. The summed E-state index contributed by atoms with van der Waals surface area (Å²) in [6.45, 7) is 10.1. The first-order valence-corrected chi connectivity index (χ1v) is 13.3. The van der Waals surface area contributed by atoms with Crippen molar-refractivity contribution in [3.8, 4) is 11.5 Å². The van der Waals surface area contributed by atoms with E-state index in [0.717, 1.165) is 75.7 Å². The molecular formula is C30H42N2O3. The molecule has 190 valence electrons. The molecule has 2 aliphatic rings. The van der Waals surface area contributed by atoms with Crippen molar-refractivity contribution in [3.63, 3.8) is 0 Å². The van der Waals surface area contributed by atoms with Crippen molar-refractivity contribution in [2.75, 3.05) is 46.4 Å². The Morgan fingerprint density at radius 2 is 1.74 bits per heavy atom.